The van der Waals surface area contributed by atoms with E-state index in [1.165, 1.54) is 22.3 Å². The van der Waals surface area contributed by atoms with Crippen LogP contribution in [0, 0.1) is 0 Å². The molecule has 0 aromatic heterocycles. The molecule has 1 aliphatic rings. The first-order valence-electron chi connectivity index (χ1n) is 8.49. The molecule has 3 rings (SSSR count). The summed E-state index contributed by atoms with van der Waals surface area (Å²) >= 11 is 6.14. The molecule has 130 valence electrons. The number of hydrogen-bond donors (Lipinski definition) is 2. The van der Waals surface area contributed by atoms with Crippen molar-refractivity contribution in [3.8, 4) is 0 Å². The van der Waals surface area contributed by atoms with Gasteiger partial charge in [-0.3, -0.25) is 0 Å². The lowest BCUT2D eigenvalue weighted by atomic mass is 9.76. The zero-order valence-electron chi connectivity index (χ0n) is 13.9. The van der Waals surface area contributed by atoms with Crippen LogP contribution in [0.1, 0.15) is 41.0 Å². The van der Waals surface area contributed by atoms with Crippen molar-refractivity contribution in [3.05, 3.63) is 69.7 Å². The van der Waals surface area contributed by atoms with E-state index < -0.39 is 0 Å². The molecule has 0 fully saturated rings. The number of fused-ring (bicyclic) bond motifs is 1. The van der Waals surface area contributed by atoms with Gasteiger partial charge in [0.2, 0.25) is 0 Å². The maximum absolute atomic E-state index is 6.48. The van der Waals surface area contributed by atoms with E-state index in [2.05, 4.69) is 30.3 Å². The molecule has 24 heavy (non-hydrogen) atoms. The number of rotatable bonds is 5. The lowest BCUT2D eigenvalue weighted by Crippen LogP contribution is -2.34. The molecule has 2 atom stereocenters. The summed E-state index contributed by atoms with van der Waals surface area (Å²) in [5, 5.41) is 0.795. The van der Waals surface area contributed by atoms with E-state index in [0.29, 0.717) is 5.92 Å². The molecule has 2 nitrogen and oxygen atoms in total. The molecule has 2 unspecified atom stereocenters. The topological polar surface area (TPSA) is 52.0 Å². The highest BCUT2D eigenvalue weighted by Gasteiger charge is 2.27. The third-order valence-corrected chi connectivity index (χ3v) is 5.12. The van der Waals surface area contributed by atoms with Gasteiger partial charge in [-0.05, 0) is 73.0 Å². The van der Waals surface area contributed by atoms with Crippen molar-refractivity contribution in [1.82, 2.24) is 0 Å². The van der Waals surface area contributed by atoms with Gasteiger partial charge in [-0.15, -0.1) is 12.4 Å². The average molecular weight is 365 g/mol. The molecular formula is C20H26Cl2N2. The minimum atomic E-state index is 0. The second kappa shape index (κ2) is 8.87. The average Bonchev–Trinajstić information content (AvgIpc) is 2.55. The summed E-state index contributed by atoms with van der Waals surface area (Å²) in [6.45, 7) is 0.739. The second-order valence-electron chi connectivity index (χ2n) is 6.57. The first-order chi connectivity index (χ1) is 11.2. The van der Waals surface area contributed by atoms with Crippen LogP contribution >= 0.6 is 24.0 Å². The zero-order chi connectivity index (χ0) is 16.2. The predicted octanol–water partition coefficient (Wildman–Crippen LogP) is 4.25. The predicted molar refractivity (Wildman–Crippen MR) is 105 cm³/mol. The Kier molecular flexibility index (Phi) is 7.12. The van der Waals surface area contributed by atoms with Gasteiger partial charge < -0.3 is 11.5 Å². The molecule has 0 saturated carbocycles. The van der Waals surface area contributed by atoms with Crippen LogP contribution in [0.3, 0.4) is 0 Å². The monoisotopic (exact) mass is 364 g/mol. The lowest BCUT2D eigenvalue weighted by molar-refractivity contribution is 0.467. The van der Waals surface area contributed by atoms with Crippen LogP contribution in [-0.4, -0.2) is 12.6 Å². The summed E-state index contributed by atoms with van der Waals surface area (Å²) in [4.78, 5) is 0. The quantitative estimate of drug-likeness (QED) is 0.832. The van der Waals surface area contributed by atoms with Crippen LogP contribution in [0.5, 0.6) is 0 Å². The number of hydrogen-bond acceptors (Lipinski definition) is 2. The Balaban J connectivity index is 0.00000208. The van der Waals surface area contributed by atoms with Gasteiger partial charge in [0, 0.05) is 17.0 Å². The smallest absolute Gasteiger partial charge is 0.0408 e. The van der Waals surface area contributed by atoms with Crippen molar-refractivity contribution in [1.29, 1.82) is 0 Å². The molecule has 0 amide bonds. The first kappa shape index (κ1) is 19.3. The first-order valence-corrected chi connectivity index (χ1v) is 8.87. The Bertz CT molecular complexity index is 672. The van der Waals surface area contributed by atoms with E-state index in [0.717, 1.165) is 43.7 Å². The molecule has 0 heterocycles. The van der Waals surface area contributed by atoms with E-state index in [1.807, 2.05) is 12.1 Å². The summed E-state index contributed by atoms with van der Waals surface area (Å²) in [5.41, 5.74) is 17.6. The normalized spacial score (nSPS) is 19.5. The molecule has 2 aromatic rings. The molecule has 0 spiro atoms. The molecule has 0 saturated heterocycles. The molecule has 4 heteroatoms. The Morgan fingerprint density at radius 1 is 1.08 bits per heavy atom. The molecule has 0 bridgehead atoms. The minimum Gasteiger partial charge on any atom is -0.330 e. The van der Waals surface area contributed by atoms with Crippen molar-refractivity contribution in [2.24, 2.45) is 11.5 Å². The van der Waals surface area contributed by atoms with E-state index in [4.69, 9.17) is 23.1 Å². The van der Waals surface area contributed by atoms with Gasteiger partial charge in [-0.25, -0.2) is 0 Å². The molecule has 4 N–H and O–H groups in total. The largest absolute Gasteiger partial charge is 0.330 e. The third-order valence-electron chi connectivity index (χ3n) is 4.89. The standard InChI is InChI=1S/C20H25ClN2.ClH/c21-17-5-1-3-15(11-17)13-19-18-12-14(4-2-10-22)6-7-16(18)8-9-20(19)23;/h1,3,5-7,11-12,19-20H,2,4,8-10,13,22-23H2;1H. The van der Waals surface area contributed by atoms with Crippen molar-refractivity contribution in [2.45, 2.75) is 44.1 Å². The summed E-state index contributed by atoms with van der Waals surface area (Å²) in [7, 11) is 0. The van der Waals surface area contributed by atoms with Crippen LogP contribution in [0.2, 0.25) is 5.02 Å². The van der Waals surface area contributed by atoms with Crippen LogP contribution < -0.4 is 11.5 Å². The highest BCUT2D eigenvalue weighted by atomic mass is 35.5. The second-order valence-corrected chi connectivity index (χ2v) is 7.00. The minimum absolute atomic E-state index is 0. The number of nitrogens with two attached hydrogens (primary N) is 2. The Labute approximate surface area is 156 Å². The molecular weight excluding hydrogens is 339 g/mol. The van der Waals surface area contributed by atoms with Crippen molar-refractivity contribution in [2.75, 3.05) is 6.54 Å². The van der Waals surface area contributed by atoms with Crippen molar-refractivity contribution in [3.63, 3.8) is 0 Å². The van der Waals surface area contributed by atoms with Gasteiger partial charge >= 0.3 is 0 Å². The van der Waals surface area contributed by atoms with E-state index in [9.17, 15) is 0 Å². The van der Waals surface area contributed by atoms with Crippen molar-refractivity contribution >= 4 is 24.0 Å². The van der Waals surface area contributed by atoms with Gasteiger partial charge in [-0.2, -0.15) is 0 Å². The van der Waals surface area contributed by atoms with Gasteiger partial charge in [0.05, 0.1) is 0 Å². The van der Waals surface area contributed by atoms with Crippen LogP contribution in [0.4, 0.5) is 0 Å². The van der Waals surface area contributed by atoms with Crippen LogP contribution in [0.25, 0.3) is 0 Å². The maximum atomic E-state index is 6.48. The van der Waals surface area contributed by atoms with E-state index in [1.54, 1.807) is 0 Å². The lowest BCUT2D eigenvalue weighted by Gasteiger charge is -2.32. The molecule has 2 aromatic carbocycles. The highest BCUT2D eigenvalue weighted by molar-refractivity contribution is 6.30. The van der Waals surface area contributed by atoms with Gasteiger partial charge in [-0.1, -0.05) is 41.9 Å². The highest BCUT2D eigenvalue weighted by Crippen LogP contribution is 2.34. The summed E-state index contributed by atoms with van der Waals surface area (Å²) in [5.74, 6) is 0.370. The van der Waals surface area contributed by atoms with Gasteiger partial charge in [0.1, 0.15) is 0 Å². The third kappa shape index (κ3) is 4.52. The molecule has 0 aliphatic heterocycles. The van der Waals surface area contributed by atoms with Crippen molar-refractivity contribution < 1.29 is 0 Å². The van der Waals surface area contributed by atoms with E-state index >= 15 is 0 Å². The number of aryl methyl sites for hydroxylation is 2. The fraction of sp³-hybridized carbons (Fsp3) is 0.400. The van der Waals surface area contributed by atoms with E-state index in [-0.39, 0.29) is 18.4 Å². The summed E-state index contributed by atoms with van der Waals surface area (Å²) < 4.78 is 0. The van der Waals surface area contributed by atoms with Gasteiger partial charge in [0.15, 0.2) is 0 Å². The number of benzene rings is 2. The van der Waals surface area contributed by atoms with Gasteiger partial charge in [0.25, 0.3) is 0 Å². The fourth-order valence-electron chi connectivity index (χ4n) is 3.61. The summed E-state index contributed by atoms with van der Waals surface area (Å²) in [6.07, 6.45) is 5.17. The Morgan fingerprint density at radius 2 is 1.92 bits per heavy atom. The van der Waals surface area contributed by atoms with Crippen LogP contribution in [0.15, 0.2) is 42.5 Å². The Morgan fingerprint density at radius 3 is 2.67 bits per heavy atom. The molecule has 0 radical (unpaired) electrons. The maximum Gasteiger partial charge on any atom is 0.0408 e. The van der Waals surface area contributed by atoms with Crippen LogP contribution in [-0.2, 0) is 19.3 Å². The Hall–Kier alpha value is -1.06. The SMILES string of the molecule is Cl.NCCCc1ccc2c(c1)C(Cc1cccc(Cl)c1)C(N)CC2. The summed E-state index contributed by atoms with van der Waals surface area (Å²) in [6, 6.07) is 15.3. The zero-order valence-corrected chi connectivity index (χ0v) is 15.5. The fourth-order valence-corrected chi connectivity index (χ4v) is 3.83. The molecule has 1 aliphatic carbocycles. The number of halogens is 2.